The Kier molecular flexibility index (Phi) is 4.02. The highest BCUT2D eigenvalue weighted by atomic mass is 32.2. The molecule has 0 saturated carbocycles. The number of likely N-dealkylation sites (N-methyl/N-ethyl adjacent to an activating group) is 1. The average Bonchev–Trinajstić information content (AvgIpc) is 2.87. The third kappa shape index (κ3) is 2.65. The molecular weight excluding hydrogens is 289 g/mol. The number of nitro groups is 1. The van der Waals surface area contributed by atoms with Crippen LogP contribution < -0.4 is 5.32 Å². The van der Waals surface area contributed by atoms with Gasteiger partial charge >= 0.3 is 0 Å². The Labute approximate surface area is 115 Å². The van der Waals surface area contributed by atoms with Gasteiger partial charge in [-0.05, 0) is 25.6 Å². The number of hydrogen-bond donors (Lipinski definition) is 1. The van der Waals surface area contributed by atoms with E-state index in [1.165, 1.54) is 4.31 Å². The molecule has 0 aromatic heterocycles. The minimum absolute atomic E-state index is 0.0179. The zero-order valence-corrected chi connectivity index (χ0v) is 11.6. The van der Waals surface area contributed by atoms with Crippen molar-refractivity contribution in [3.63, 3.8) is 0 Å². The number of benzene rings is 1. The summed E-state index contributed by atoms with van der Waals surface area (Å²) < 4.78 is 39.0. The fraction of sp³-hybridized carbons (Fsp3) is 0.455. The van der Waals surface area contributed by atoms with Gasteiger partial charge in [-0.1, -0.05) is 0 Å². The molecule has 1 saturated heterocycles. The molecule has 1 heterocycles. The van der Waals surface area contributed by atoms with E-state index in [-0.39, 0.29) is 19.1 Å². The number of nitrogens with one attached hydrogen (secondary N) is 1. The molecule has 1 fully saturated rings. The molecule has 9 heteroatoms. The maximum Gasteiger partial charge on any atom is 0.292 e. The molecular formula is C11H14FN3O4S. The van der Waals surface area contributed by atoms with Crippen molar-refractivity contribution in [3.05, 3.63) is 34.1 Å². The van der Waals surface area contributed by atoms with Crippen LogP contribution in [0.1, 0.15) is 6.42 Å². The summed E-state index contributed by atoms with van der Waals surface area (Å²) in [5, 5.41) is 13.9. The van der Waals surface area contributed by atoms with E-state index in [2.05, 4.69) is 5.32 Å². The van der Waals surface area contributed by atoms with Gasteiger partial charge in [-0.3, -0.25) is 10.1 Å². The second kappa shape index (κ2) is 5.43. The Morgan fingerprint density at radius 1 is 1.50 bits per heavy atom. The van der Waals surface area contributed by atoms with Crippen LogP contribution >= 0.6 is 0 Å². The summed E-state index contributed by atoms with van der Waals surface area (Å²) >= 11 is 0. The summed E-state index contributed by atoms with van der Waals surface area (Å²) in [6.45, 7) is 0.524. The smallest absolute Gasteiger partial charge is 0.292 e. The van der Waals surface area contributed by atoms with Crippen LogP contribution in [-0.2, 0) is 10.0 Å². The van der Waals surface area contributed by atoms with Gasteiger partial charge in [-0.25, -0.2) is 12.8 Å². The lowest BCUT2D eigenvalue weighted by molar-refractivity contribution is -0.388. The fourth-order valence-electron chi connectivity index (χ4n) is 2.17. The first-order chi connectivity index (χ1) is 9.36. The topological polar surface area (TPSA) is 92.6 Å². The van der Waals surface area contributed by atoms with Crippen LogP contribution in [0.3, 0.4) is 0 Å². The van der Waals surface area contributed by atoms with Gasteiger partial charge in [0.25, 0.3) is 5.69 Å². The van der Waals surface area contributed by atoms with Crippen LogP contribution in [0.15, 0.2) is 23.1 Å². The first-order valence-electron chi connectivity index (χ1n) is 5.97. The molecule has 1 aromatic carbocycles. The fourth-order valence-corrected chi connectivity index (χ4v) is 3.81. The van der Waals surface area contributed by atoms with Gasteiger partial charge in [0.05, 0.1) is 11.0 Å². The number of nitrogens with zero attached hydrogens (tertiary/aromatic N) is 2. The van der Waals surface area contributed by atoms with E-state index >= 15 is 0 Å². The Hall–Kier alpha value is -1.58. The number of rotatable bonds is 4. The highest BCUT2D eigenvalue weighted by Crippen LogP contribution is 2.29. The Morgan fingerprint density at radius 2 is 2.20 bits per heavy atom. The highest BCUT2D eigenvalue weighted by molar-refractivity contribution is 7.89. The normalized spacial score (nSPS) is 20.2. The molecule has 1 atom stereocenters. The zero-order valence-electron chi connectivity index (χ0n) is 10.7. The molecule has 1 aliphatic heterocycles. The molecule has 1 N–H and O–H groups in total. The summed E-state index contributed by atoms with van der Waals surface area (Å²) in [6.07, 6.45) is 0.630. The lowest BCUT2D eigenvalue weighted by Crippen LogP contribution is -2.33. The van der Waals surface area contributed by atoms with Gasteiger partial charge in [-0.15, -0.1) is 0 Å². The van der Waals surface area contributed by atoms with Crippen LogP contribution in [0.5, 0.6) is 0 Å². The number of halogens is 1. The minimum Gasteiger partial charge on any atom is -0.316 e. The second-order valence-corrected chi connectivity index (χ2v) is 6.41. The molecule has 0 radical (unpaired) electrons. The summed E-state index contributed by atoms with van der Waals surface area (Å²) in [5.41, 5.74) is -0.738. The Morgan fingerprint density at radius 3 is 2.75 bits per heavy atom. The van der Waals surface area contributed by atoms with Crippen LogP contribution in [0.2, 0.25) is 0 Å². The number of hydrogen-bond acceptors (Lipinski definition) is 5. The molecule has 1 aromatic rings. The first-order valence-corrected chi connectivity index (χ1v) is 7.41. The summed E-state index contributed by atoms with van der Waals surface area (Å²) in [5.74, 6) is -0.842. The molecule has 0 bridgehead atoms. The molecule has 2 rings (SSSR count). The van der Waals surface area contributed by atoms with Gasteiger partial charge < -0.3 is 5.32 Å². The zero-order chi connectivity index (χ0) is 14.9. The predicted octanol–water partition coefficient (Wildman–Crippen LogP) is 0.716. The second-order valence-electron chi connectivity index (χ2n) is 4.51. The summed E-state index contributed by atoms with van der Waals surface area (Å²) in [7, 11) is -2.27. The SMILES string of the molecule is CNC1CCN(S(=O)(=O)c2ccc(F)cc2[N+](=O)[O-])C1. The lowest BCUT2D eigenvalue weighted by Gasteiger charge is -2.16. The summed E-state index contributed by atoms with van der Waals surface area (Å²) in [6, 6.07) is 2.49. The van der Waals surface area contributed by atoms with Crippen molar-refractivity contribution in [3.8, 4) is 0 Å². The van der Waals surface area contributed by atoms with Crippen LogP contribution in [0.4, 0.5) is 10.1 Å². The van der Waals surface area contributed by atoms with E-state index in [1.807, 2.05) is 0 Å². The van der Waals surface area contributed by atoms with Crippen molar-refractivity contribution in [2.45, 2.75) is 17.4 Å². The first kappa shape index (κ1) is 14.8. The molecule has 20 heavy (non-hydrogen) atoms. The van der Waals surface area contributed by atoms with E-state index in [0.717, 1.165) is 12.1 Å². The van der Waals surface area contributed by atoms with E-state index in [0.29, 0.717) is 12.5 Å². The maximum absolute atomic E-state index is 13.1. The lowest BCUT2D eigenvalue weighted by atomic mass is 10.3. The van der Waals surface area contributed by atoms with E-state index in [9.17, 15) is 22.9 Å². The molecule has 0 aliphatic carbocycles. The van der Waals surface area contributed by atoms with Crippen LogP contribution in [0.25, 0.3) is 0 Å². The van der Waals surface area contributed by atoms with Crippen molar-refractivity contribution >= 4 is 15.7 Å². The standard InChI is InChI=1S/C11H14FN3O4S/c1-13-9-4-5-14(7-9)20(18,19)11-3-2-8(12)6-10(11)15(16)17/h2-3,6,9,13H,4-5,7H2,1H3. The number of sulfonamides is 1. The molecule has 0 amide bonds. The van der Waals surface area contributed by atoms with Crippen molar-refractivity contribution < 1.29 is 17.7 Å². The van der Waals surface area contributed by atoms with Crippen molar-refractivity contribution in [2.75, 3.05) is 20.1 Å². The van der Waals surface area contributed by atoms with Crippen molar-refractivity contribution in [1.82, 2.24) is 9.62 Å². The van der Waals surface area contributed by atoms with Gasteiger partial charge in [0.15, 0.2) is 4.90 Å². The third-order valence-electron chi connectivity index (χ3n) is 3.29. The molecule has 1 unspecified atom stereocenters. The van der Waals surface area contributed by atoms with Crippen LogP contribution in [-0.4, -0.2) is 43.8 Å². The molecule has 110 valence electrons. The van der Waals surface area contributed by atoms with E-state index in [4.69, 9.17) is 0 Å². The van der Waals surface area contributed by atoms with Crippen molar-refractivity contribution in [1.29, 1.82) is 0 Å². The van der Waals surface area contributed by atoms with Crippen LogP contribution in [0, 0.1) is 15.9 Å². The quantitative estimate of drug-likeness (QED) is 0.653. The summed E-state index contributed by atoms with van der Waals surface area (Å²) in [4.78, 5) is 9.54. The Balaban J connectivity index is 2.42. The third-order valence-corrected chi connectivity index (χ3v) is 5.21. The molecule has 0 spiro atoms. The van der Waals surface area contributed by atoms with Gasteiger partial charge in [-0.2, -0.15) is 4.31 Å². The molecule has 1 aliphatic rings. The van der Waals surface area contributed by atoms with Gasteiger partial charge in [0.1, 0.15) is 5.82 Å². The maximum atomic E-state index is 13.1. The Bertz CT molecular complexity index is 635. The van der Waals surface area contributed by atoms with E-state index in [1.54, 1.807) is 7.05 Å². The minimum atomic E-state index is -3.99. The predicted molar refractivity (Wildman–Crippen MR) is 69.3 cm³/mol. The van der Waals surface area contributed by atoms with Crippen molar-refractivity contribution in [2.24, 2.45) is 0 Å². The molecule has 7 nitrogen and oxygen atoms in total. The van der Waals surface area contributed by atoms with Gasteiger partial charge in [0.2, 0.25) is 10.0 Å². The highest BCUT2D eigenvalue weighted by Gasteiger charge is 2.36. The van der Waals surface area contributed by atoms with Gasteiger partial charge in [0, 0.05) is 19.1 Å². The average molecular weight is 303 g/mol. The number of nitro benzene ring substituents is 1. The largest absolute Gasteiger partial charge is 0.316 e. The monoisotopic (exact) mass is 303 g/mol. The van der Waals surface area contributed by atoms with E-state index < -0.39 is 31.3 Å².